The molecule has 0 bridgehead atoms. The third kappa shape index (κ3) is 4.16. The minimum absolute atomic E-state index is 0.0706. The number of rotatable bonds is 4. The van der Waals surface area contributed by atoms with E-state index in [0.717, 1.165) is 0 Å². The van der Waals surface area contributed by atoms with Crippen molar-refractivity contribution in [1.29, 1.82) is 0 Å². The van der Waals surface area contributed by atoms with Crippen LogP contribution >= 0.6 is 19.4 Å². The minimum atomic E-state index is -3.93. The van der Waals surface area contributed by atoms with Gasteiger partial charge in [0.1, 0.15) is 11.6 Å². The molecule has 10 heteroatoms. The maximum atomic E-state index is 13.3. The van der Waals surface area contributed by atoms with E-state index in [9.17, 15) is 19.1 Å². The first kappa shape index (κ1) is 17.8. The van der Waals surface area contributed by atoms with Crippen LogP contribution in [0.5, 0.6) is 5.75 Å². The van der Waals surface area contributed by atoms with Gasteiger partial charge in [0, 0.05) is 18.6 Å². The van der Waals surface area contributed by atoms with E-state index < -0.39 is 24.7 Å². The summed E-state index contributed by atoms with van der Waals surface area (Å²) in [6.07, 6.45) is -0.258. The number of nitro groups is 1. The van der Waals surface area contributed by atoms with Gasteiger partial charge < -0.3 is 4.52 Å². The molecule has 1 aliphatic heterocycles. The molecule has 132 valence electrons. The van der Waals surface area contributed by atoms with Crippen LogP contribution in [-0.2, 0) is 13.6 Å². The fourth-order valence-corrected chi connectivity index (χ4v) is 3.85. The number of hydrogen-bond donors (Lipinski definition) is 0. The maximum Gasteiger partial charge on any atom is 0.530 e. The highest BCUT2D eigenvalue weighted by atomic mass is 35.5. The lowest BCUT2D eigenvalue weighted by Crippen LogP contribution is -2.16. The third-order valence-electron chi connectivity index (χ3n) is 3.47. The summed E-state index contributed by atoms with van der Waals surface area (Å²) in [6.45, 7) is 0.101. The van der Waals surface area contributed by atoms with E-state index in [0.29, 0.717) is 12.0 Å². The van der Waals surface area contributed by atoms with Gasteiger partial charge in [0.05, 0.1) is 22.7 Å². The number of nitrogens with zero attached hydrogens (tertiary/aromatic N) is 1. The van der Waals surface area contributed by atoms with Gasteiger partial charge in [-0.25, -0.2) is 8.96 Å². The van der Waals surface area contributed by atoms with Gasteiger partial charge in [-0.15, -0.1) is 0 Å². The summed E-state index contributed by atoms with van der Waals surface area (Å²) in [5.74, 6) is -0.463. The van der Waals surface area contributed by atoms with Crippen molar-refractivity contribution in [3.8, 4) is 5.75 Å². The first-order chi connectivity index (χ1) is 11.9. The molecule has 1 saturated heterocycles. The van der Waals surface area contributed by atoms with E-state index in [1.165, 1.54) is 42.5 Å². The van der Waals surface area contributed by atoms with Crippen molar-refractivity contribution in [3.63, 3.8) is 0 Å². The number of halogens is 2. The topological polar surface area (TPSA) is 87.9 Å². The zero-order chi connectivity index (χ0) is 18.0. The Morgan fingerprint density at radius 3 is 2.64 bits per heavy atom. The molecule has 0 saturated carbocycles. The number of phosphoric acid groups is 1. The Morgan fingerprint density at radius 2 is 2.00 bits per heavy atom. The number of benzene rings is 2. The molecule has 2 aromatic carbocycles. The molecule has 0 aliphatic carbocycles. The van der Waals surface area contributed by atoms with Crippen LogP contribution in [0, 0.1) is 15.9 Å². The molecule has 1 fully saturated rings. The molecule has 0 N–H and O–H groups in total. The predicted molar refractivity (Wildman–Crippen MR) is 87.1 cm³/mol. The predicted octanol–water partition coefficient (Wildman–Crippen LogP) is 5.05. The molecular weight excluding hydrogens is 376 g/mol. The number of hydrogen-bond acceptors (Lipinski definition) is 6. The lowest BCUT2D eigenvalue weighted by molar-refractivity contribution is -0.384. The van der Waals surface area contributed by atoms with Crippen LogP contribution in [0.3, 0.4) is 0 Å². The Labute approximate surface area is 147 Å². The van der Waals surface area contributed by atoms with Gasteiger partial charge in [-0.3, -0.25) is 19.2 Å². The highest BCUT2D eigenvalue weighted by molar-refractivity contribution is 7.49. The highest BCUT2D eigenvalue weighted by Crippen LogP contribution is 2.56. The molecular formula is C15H12ClFNO6P. The van der Waals surface area contributed by atoms with E-state index in [2.05, 4.69) is 0 Å². The Hall–Kier alpha value is -1.99. The summed E-state index contributed by atoms with van der Waals surface area (Å²) in [4.78, 5) is 10.1. The summed E-state index contributed by atoms with van der Waals surface area (Å²) < 4.78 is 41.7. The van der Waals surface area contributed by atoms with Crippen molar-refractivity contribution in [2.45, 2.75) is 12.5 Å². The summed E-state index contributed by atoms with van der Waals surface area (Å²) in [7, 11) is -3.93. The first-order valence-corrected chi connectivity index (χ1v) is 9.02. The van der Waals surface area contributed by atoms with Gasteiger partial charge >= 0.3 is 7.82 Å². The standard InChI is InChI=1S/C15H12ClFNO6P/c16-13-9-10(1-6-14(13)17)15-7-8-22-25(21,24-15)23-12-4-2-11(3-5-12)18(19)20/h1-6,9,15H,7-8H2. The maximum absolute atomic E-state index is 13.3. The van der Waals surface area contributed by atoms with Gasteiger partial charge in [-0.2, -0.15) is 0 Å². The molecule has 0 amide bonds. The zero-order valence-corrected chi connectivity index (χ0v) is 14.3. The molecule has 7 nitrogen and oxygen atoms in total. The molecule has 2 aromatic rings. The molecule has 2 atom stereocenters. The zero-order valence-electron chi connectivity index (χ0n) is 12.6. The number of phosphoric ester groups is 1. The summed E-state index contributed by atoms with van der Waals surface area (Å²) in [5, 5.41) is 10.6. The SMILES string of the molecule is O=[N+]([O-])c1ccc(OP2(=O)OCCC(c3ccc(F)c(Cl)c3)O2)cc1. The van der Waals surface area contributed by atoms with Gasteiger partial charge in [-0.05, 0) is 29.8 Å². The smallest absolute Gasteiger partial charge is 0.404 e. The molecule has 0 spiro atoms. The normalized spacial score (nSPS) is 23.2. The van der Waals surface area contributed by atoms with Crippen molar-refractivity contribution >= 4 is 25.1 Å². The Balaban J connectivity index is 1.75. The van der Waals surface area contributed by atoms with E-state index in [1.807, 2.05) is 0 Å². The van der Waals surface area contributed by atoms with Crippen LogP contribution in [0.1, 0.15) is 18.1 Å². The first-order valence-electron chi connectivity index (χ1n) is 7.18. The molecule has 2 unspecified atom stereocenters. The fourth-order valence-electron chi connectivity index (χ4n) is 2.26. The molecule has 1 heterocycles. The largest absolute Gasteiger partial charge is 0.530 e. The molecule has 0 radical (unpaired) electrons. The van der Waals surface area contributed by atoms with Crippen molar-refractivity contribution in [2.24, 2.45) is 0 Å². The van der Waals surface area contributed by atoms with Crippen LogP contribution in [0.2, 0.25) is 5.02 Å². The Kier molecular flexibility index (Phi) is 5.06. The lowest BCUT2D eigenvalue weighted by Gasteiger charge is -2.29. The van der Waals surface area contributed by atoms with Crippen LogP contribution in [0.15, 0.2) is 42.5 Å². The second kappa shape index (κ2) is 7.09. The van der Waals surface area contributed by atoms with Crippen molar-refractivity contribution in [1.82, 2.24) is 0 Å². The summed E-state index contributed by atoms with van der Waals surface area (Å²) in [6, 6.07) is 9.08. The summed E-state index contributed by atoms with van der Waals surface area (Å²) in [5.41, 5.74) is 0.414. The van der Waals surface area contributed by atoms with E-state index >= 15 is 0 Å². The number of non-ortho nitro benzene ring substituents is 1. The second-order valence-electron chi connectivity index (χ2n) is 5.18. The molecule has 25 heavy (non-hydrogen) atoms. The van der Waals surface area contributed by atoms with Crippen LogP contribution < -0.4 is 4.52 Å². The molecule has 3 rings (SSSR count). The average molecular weight is 388 g/mol. The van der Waals surface area contributed by atoms with Gasteiger partial charge in [-0.1, -0.05) is 17.7 Å². The average Bonchev–Trinajstić information content (AvgIpc) is 2.57. The fraction of sp³-hybridized carbons (Fsp3) is 0.200. The van der Waals surface area contributed by atoms with Crippen LogP contribution in [0.4, 0.5) is 10.1 Å². The summed E-state index contributed by atoms with van der Waals surface area (Å²) >= 11 is 5.76. The van der Waals surface area contributed by atoms with Crippen molar-refractivity contribution in [3.05, 3.63) is 69.0 Å². The minimum Gasteiger partial charge on any atom is -0.404 e. The van der Waals surface area contributed by atoms with Crippen LogP contribution in [0.25, 0.3) is 0 Å². The van der Waals surface area contributed by atoms with E-state index in [1.54, 1.807) is 0 Å². The molecule has 1 aliphatic rings. The Morgan fingerprint density at radius 1 is 1.28 bits per heavy atom. The van der Waals surface area contributed by atoms with Crippen molar-refractivity contribution < 1.29 is 27.5 Å². The van der Waals surface area contributed by atoms with Gasteiger partial charge in [0.15, 0.2) is 0 Å². The monoisotopic (exact) mass is 387 g/mol. The Bertz CT molecular complexity index is 846. The van der Waals surface area contributed by atoms with Gasteiger partial charge in [0.2, 0.25) is 0 Å². The lowest BCUT2D eigenvalue weighted by atomic mass is 10.1. The van der Waals surface area contributed by atoms with Gasteiger partial charge in [0.25, 0.3) is 5.69 Å². The quantitative estimate of drug-likeness (QED) is 0.414. The molecule has 0 aromatic heterocycles. The highest BCUT2D eigenvalue weighted by Gasteiger charge is 2.37. The van der Waals surface area contributed by atoms with E-state index in [4.69, 9.17) is 25.2 Å². The third-order valence-corrected chi connectivity index (χ3v) is 5.20. The van der Waals surface area contributed by atoms with E-state index in [-0.39, 0.29) is 23.1 Å². The number of nitro benzene ring substituents is 1. The van der Waals surface area contributed by atoms with Crippen molar-refractivity contribution in [2.75, 3.05) is 6.61 Å². The second-order valence-corrected chi connectivity index (χ2v) is 7.13. The van der Waals surface area contributed by atoms with Crippen LogP contribution in [-0.4, -0.2) is 11.5 Å².